The van der Waals surface area contributed by atoms with Crippen LogP contribution in [0.15, 0.2) is 48.8 Å². The van der Waals surface area contributed by atoms with Gasteiger partial charge in [-0.25, -0.2) is 14.4 Å². The zero-order valence-electron chi connectivity index (χ0n) is 17.9. The lowest BCUT2D eigenvalue weighted by Gasteiger charge is -2.15. The maximum Gasteiger partial charge on any atom is 0.248 e. The summed E-state index contributed by atoms with van der Waals surface area (Å²) in [5.74, 6) is 1.81. The number of carbonyl (C=O) groups excluding carboxylic acids is 1. The van der Waals surface area contributed by atoms with Crippen LogP contribution in [0.5, 0.6) is 5.75 Å². The molecule has 1 saturated heterocycles. The van der Waals surface area contributed by atoms with E-state index in [4.69, 9.17) is 21.1 Å². The summed E-state index contributed by atoms with van der Waals surface area (Å²) in [6.07, 6.45) is 4.59. The van der Waals surface area contributed by atoms with Crippen molar-refractivity contribution in [1.29, 1.82) is 0 Å². The average molecular weight is 548 g/mol. The molecule has 1 aliphatic carbocycles. The minimum atomic E-state index is -0.505. The van der Waals surface area contributed by atoms with Gasteiger partial charge in [-0.1, -0.05) is 33.6 Å². The Balaban J connectivity index is 1.46. The van der Waals surface area contributed by atoms with Crippen molar-refractivity contribution in [3.63, 3.8) is 0 Å². The molecule has 2 N–H and O–H groups in total. The van der Waals surface area contributed by atoms with E-state index in [1.807, 2.05) is 0 Å². The van der Waals surface area contributed by atoms with Crippen LogP contribution in [0.4, 0.5) is 21.6 Å². The van der Waals surface area contributed by atoms with Gasteiger partial charge in [-0.05, 0) is 36.1 Å². The summed E-state index contributed by atoms with van der Waals surface area (Å²) in [6, 6.07) is 7.89. The molecule has 176 valence electrons. The molecule has 34 heavy (non-hydrogen) atoms. The van der Waals surface area contributed by atoms with Crippen LogP contribution in [-0.4, -0.2) is 41.0 Å². The number of alkyl halides is 1. The van der Waals surface area contributed by atoms with E-state index in [-0.39, 0.29) is 10.9 Å². The average Bonchev–Trinajstić information content (AvgIpc) is 3.24. The first-order chi connectivity index (χ1) is 16.5. The second-order valence-corrected chi connectivity index (χ2v) is 9.28. The van der Waals surface area contributed by atoms with Crippen molar-refractivity contribution in [2.75, 3.05) is 35.8 Å². The van der Waals surface area contributed by atoms with Crippen LogP contribution >= 0.6 is 27.5 Å². The third-order valence-electron chi connectivity index (χ3n) is 6.10. The van der Waals surface area contributed by atoms with Crippen molar-refractivity contribution in [3.8, 4) is 5.75 Å². The molecule has 2 heterocycles. The number of ether oxygens (including phenoxy) is 2. The number of fused-ring (bicyclic) bond motifs is 2. The molecule has 1 aliphatic heterocycles. The molecular weight excluding hydrogens is 527 g/mol. The van der Waals surface area contributed by atoms with E-state index < -0.39 is 5.82 Å². The first-order valence-electron chi connectivity index (χ1n) is 10.8. The minimum absolute atomic E-state index is 0.000761. The largest absolute Gasteiger partial charge is 0.491 e. The molecule has 3 aromatic rings. The summed E-state index contributed by atoms with van der Waals surface area (Å²) in [6.45, 7) is 2.12. The number of amides is 1. The Hall–Kier alpha value is -2.75. The number of rotatable bonds is 8. The highest BCUT2D eigenvalue weighted by Gasteiger charge is 2.54. The molecule has 5 rings (SSSR count). The van der Waals surface area contributed by atoms with Crippen molar-refractivity contribution in [1.82, 2.24) is 9.97 Å². The number of carbonyl (C=O) groups is 1. The van der Waals surface area contributed by atoms with Gasteiger partial charge in [-0.2, -0.15) is 0 Å². The molecule has 0 bridgehead atoms. The van der Waals surface area contributed by atoms with E-state index in [0.717, 1.165) is 13.2 Å². The third-order valence-corrected chi connectivity index (χ3v) is 6.76. The monoisotopic (exact) mass is 546 g/mol. The van der Waals surface area contributed by atoms with Crippen LogP contribution in [-0.2, 0) is 9.53 Å². The molecule has 10 heteroatoms. The summed E-state index contributed by atoms with van der Waals surface area (Å²) in [5, 5.41) is 7.26. The van der Waals surface area contributed by atoms with Crippen LogP contribution in [0, 0.1) is 23.6 Å². The fourth-order valence-electron chi connectivity index (χ4n) is 4.23. The molecule has 0 radical (unpaired) electrons. The molecule has 2 aliphatic rings. The number of nitrogens with one attached hydrogen (secondary N) is 2. The van der Waals surface area contributed by atoms with Gasteiger partial charge in [-0.15, -0.1) is 0 Å². The van der Waals surface area contributed by atoms with Gasteiger partial charge in [0.2, 0.25) is 5.91 Å². The number of hydrogen-bond acceptors (Lipinski definition) is 6. The molecule has 2 unspecified atom stereocenters. The van der Waals surface area contributed by atoms with Crippen molar-refractivity contribution in [2.45, 2.75) is 0 Å². The normalized spacial score (nSPS) is 21.0. The first kappa shape index (κ1) is 23.0. The van der Waals surface area contributed by atoms with Crippen molar-refractivity contribution in [2.24, 2.45) is 17.8 Å². The molecule has 2 atom stereocenters. The summed E-state index contributed by atoms with van der Waals surface area (Å²) < 4.78 is 25.2. The topological polar surface area (TPSA) is 85.4 Å². The molecule has 1 amide bonds. The van der Waals surface area contributed by atoms with Crippen LogP contribution in [0.3, 0.4) is 0 Å². The van der Waals surface area contributed by atoms with Gasteiger partial charge in [0.25, 0.3) is 0 Å². The molecule has 0 spiro atoms. The molecule has 7 nitrogen and oxygen atoms in total. The van der Waals surface area contributed by atoms with Gasteiger partial charge in [0.15, 0.2) is 0 Å². The Morgan fingerprint density at radius 2 is 2.09 bits per heavy atom. The molecular formula is C24H21BrClFN4O3. The highest BCUT2D eigenvalue weighted by Crippen LogP contribution is 2.51. The van der Waals surface area contributed by atoms with E-state index in [1.54, 1.807) is 24.3 Å². The van der Waals surface area contributed by atoms with E-state index in [1.165, 1.54) is 24.5 Å². The quantitative estimate of drug-likeness (QED) is 0.293. The fraction of sp³-hybridized carbons (Fsp3) is 0.292. The van der Waals surface area contributed by atoms with Crippen LogP contribution in [0.25, 0.3) is 10.9 Å². The summed E-state index contributed by atoms with van der Waals surface area (Å²) in [4.78, 5) is 21.1. The highest BCUT2D eigenvalue weighted by atomic mass is 79.9. The predicted octanol–water partition coefficient (Wildman–Crippen LogP) is 5.33. The number of nitrogens with zero attached hydrogens (tertiary/aromatic N) is 2. The second-order valence-electron chi connectivity index (χ2n) is 8.23. The number of anilines is 3. The highest BCUT2D eigenvalue weighted by molar-refractivity contribution is 9.09. The lowest BCUT2D eigenvalue weighted by atomic mass is 10.1. The third kappa shape index (κ3) is 4.87. The van der Waals surface area contributed by atoms with E-state index in [2.05, 4.69) is 36.5 Å². The Morgan fingerprint density at radius 3 is 2.85 bits per heavy atom. The van der Waals surface area contributed by atoms with Gasteiger partial charge >= 0.3 is 0 Å². The standard InChI is InChI=1S/C24H21BrClFN4O3/c25-5-1-2-23(32)31-21-7-14-20(8-22(21)34-11-17-15-9-33-10-16(15)17)28-12-29-24(14)30-13-3-4-19(27)18(26)6-13/h1-4,6-8,12,15-17H,5,9-11H2,(H,31,32)(H,28,29,30). The van der Waals surface area contributed by atoms with Gasteiger partial charge < -0.3 is 20.1 Å². The first-order valence-corrected chi connectivity index (χ1v) is 12.3. The Bertz CT molecular complexity index is 1260. The van der Waals surface area contributed by atoms with Gasteiger partial charge in [0.05, 0.1) is 36.0 Å². The van der Waals surface area contributed by atoms with Gasteiger partial charge in [-0.3, -0.25) is 4.79 Å². The second kappa shape index (κ2) is 9.85. The Morgan fingerprint density at radius 1 is 1.26 bits per heavy atom. The minimum Gasteiger partial charge on any atom is -0.491 e. The van der Waals surface area contributed by atoms with Crippen LogP contribution in [0.1, 0.15) is 0 Å². The van der Waals surface area contributed by atoms with Gasteiger partial charge in [0.1, 0.15) is 23.7 Å². The number of allylic oxidation sites excluding steroid dienone is 1. The summed E-state index contributed by atoms with van der Waals surface area (Å²) >= 11 is 9.19. The van der Waals surface area contributed by atoms with Crippen LogP contribution < -0.4 is 15.4 Å². The van der Waals surface area contributed by atoms with Gasteiger partial charge in [0, 0.05) is 34.5 Å². The number of aromatic nitrogens is 2. The number of hydrogen-bond donors (Lipinski definition) is 2. The van der Waals surface area contributed by atoms with Crippen molar-refractivity contribution >= 4 is 61.5 Å². The maximum atomic E-state index is 13.6. The predicted molar refractivity (Wildman–Crippen MR) is 133 cm³/mol. The van der Waals surface area contributed by atoms with E-state index in [0.29, 0.717) is 63.5 Å². The summed E-state index contributed by atoms with van der Waals surface area (Å²) in [7, 11) is 0. The Labute approximate surface area is 208 Å². The molecule has 1 aromatic heterocycles. The van der Waals surface area contributed by atoms with E-state index in [9.17, 15) is 9.18 Å². The number of benzene rings is 2. The number of halogens is 3. The van der Waals surface area contributed by atoms with Crippen molar-refractivity contribution in [3.05, 3.63) is 59.7 Å². The zero-order chi connectivity index (χ0) is 23.7. The smallest absolute Gasteiger partial charge is 0.248 e. The molecule has 2 fully saturated rings. The fourth-order valence-corrected chi connectivity index (χ4v) is 4.60. The summed E-state index contributed by atoms with van der Waals surface area (Å²) in [5.41, 5.74) is 1.71. The maximum absolute atomic E-state index is 13.6. The lowest BCUT2D eigenvalue weighted by Crippen LogP contribution is -2.12. The lowest BCUT2D eigenvalue weighted by molar-refractivity contribution is -0.111. The van der Waals surface area contributed by atoms with Crippen LogP contribution in [0.2, 0.25) is 5.02 Å². The van der Waals surface area contributed by atoms with E-state index >= 15 is 0 Å². The Kier molecular flexibility index (Phi) is 6.67. The molecule has 1 saturated carbocycles. The SMILES string of the molecule is O=C(C=CCBr)Nc1cc2c(Nc3ccc(F)c(Cl)c3)ncnc2cc1OCC1C2COCC21. The van der Waals surface area contributed by atoms with Crippen molar-refractivity contribution < 1.29 is 18.7 Å². The molecule has 2 aromatic carbocycles. The zero-order valence-corrected chi connectivity index (χ0v) is 20.3.